The van der Waals surface area contributed by atoms with Gasteiger partial charge in [0.1, 0.15) is 0 Å². The van der Waals surface area contributed by atoms with Crippen LogP contribution in [-0.2, 0) is 9.53 Å². The van der Waals surface area contributed by atoms with Crippen LogP contribution >= 0.6 is 33.9 Å². The second-order valence-electron chi connectivity index (χ2n) is 7.47. The molecule has 1 atom stereocenters. The Morgan fingerprint density at radius 3 is 2.50 bits per heavy atom. The molecule has 7 nitrogen and oxygen atoms in total. The molecule has 1 unspecified atom stereocenters. The topological polar surface area (TPSA) is 79.1 Å². The van der Waals surface area contributed by atoms with Crippen LogP contribution in [0.2, 0.25) is 0 Å². The first-order valence-corrected chi connectivity index (χ1v) is 12.4. The molecule has 0 radical (unpaired) electrons. The van der Waals surface area contributed by atoms with Gasteiger partial charge in [0.2, 0.25) is 0 Å². The fourth-order valence-corrected chi connectivity index (χ4v) is 5.25. The van der Waals surface area contributed by atoms with E-state index in [1.807, 2.05) is 36.4 Å². The summed E-state index contributed by atoms with van der Waals surface area (Å²) in [5.41, 5.74) is 2.21. The maximum Gasteiger partial charge on any atom is 0.338 e. The molecule has 9 heteroatoms. The standard InChI is InChI=1S/C25H23IN2O5S/c1-5-33-24(30)21-14(2)27-25-28(22(21)16-8-11-18(31-3)19(13-16)32-4)23(29)20(34-25)12-15-6-9-17(26)10-7-15/h6-13,22H,5H2,1-4H3. The molecular weight excluding hydrogens is 567 g/mol. The van der Waals surface area contributed by atoms with Crippen LogP contribution in [0.4, 0.5) is 0 Å². The predicted molar refractivity (Wildman–Crippen MR) is 139 cm³/mol. The molecule has 0 amide bonds. The van der Waals surface area contributed by atoms with E-state index in [0.717, 1.165) is 9.13 Å². The fraction of sp³-hybridized carbons (Fsp3) is 0.240. The first kappa shape index (κ1) is 24.2. The third-order valence-electron chi connectivity index (χ3n) is 5.41. The molecule has 0 saturated heterocycles. The number of thiazole rings is 1. The van der Waals surface area contributed by atoms with Gasteiger partial charge in [0.25, 0.3) is 5.56 Å². The van der Waals surface area contributed by atoms with Crippen LogP contribution in [0.25, 0.3) is 6.08 Å². The number of hydrogen-bond donors (Lipinski definition) is 0. The second kappa shape index (κ2) is 10.1. The fourth-order valence-electron chi connectivity index (χ4n) is 3.84. The van der Waals surface area contributed by atoms with E-state index in [1.54, 1.807) is 44.8 Å². The maximum absolute atomic E-state index is 13.6. The monoisotopic (exact) mass is 590 g/mol. The van der Waals surface area contributed by atoms with E-state index in [-0.39, 0.29) is 12.2 Å². The average molecular weight is 590 g/mol. The van der Waals surface area contributed by atoms with E-state index in [0.29, 0.717) is 37.7 Å². The van der Waals surface area contributed by atoms with Gasteiger partial charge in [-0.2, -0.15) is 0 Å². The van der Waals surface area contributed by atoms with Gasteiger partial charge in [0.05, 0.1) is 42.7 Å². The van der Waals surface area contributed by atoms with Crippen molar-refractivity contribution >= 4 is 46.0 Å². The Balaban J connectivity index is 1.96. The van der Waals surface area contributed by atoms with E-state index in [9.17, 15) is 9.59 Å². The first-order valence-electron chi connectivity index (χ1n) is 10.5. The molecule has 1 aliphatic heterocycles. The van der Waals surface area contributed by atoms with E-state index < -0.39 is 12.0 Å². The number of aromatic nitrogens is 1. The van der Waals surface area contributed by atoms with Gasteiger partial charge in [-0.15, -0.1) is 0 Å². The van der Waals surface area contributed by atoms with Gasteiger partial charge < -0.3 is 14.2 Å². The van der Waals surface area contributed by atoms with Crippen LogP contribution < -0.4 is 24.4 Å². The summed E-state index contributed by atoms with van der Waals surface area (Å²) in [7, 11) is 3.10. The summed E-state index contributed by atoms with van der Waals surface area (Å²) in [6.07, 6.45) is 1.84. The van der Waals surface area contributed by atoms with Gasteiger partial charge in [-0.1, -0.05) is 29.5 Å². The molecule has 3 aromatic rings. The van der Waals surface area contributed by atoms with Crippen molar-refractivity contribution < 1.29 is 19.0 Å². The van der Waals surface area contributed by atoms with Gasteiger partial charge in [0.15, 0.2) is 16.3 Å². The Morgan fingerprint density at radius 2 is 1.85 bits per heavy atom. The Labute approximate surface area is 214 Å². The van der Waals surface area contributed by atoms with Crippen molar-refractivity contribution in [2.45, 2.75) is 19.9 Å². The Kier molecular flexibility index (Phi) is 7.22. The van der Waals surface area contributed by atoms with E-state index in [2.05, 4.69) is 27.6 Å². The highest BCUT2D eigenvalue weighted by Gasteiger charge is 2.33. The van der Waals surface area contributed by atoms with Crippen LogP contribution in [0, 0.1) is 3.57 Å². The number of benzene rings is 2. The SMILES string of the molecule is CCOC(=O)C1=C(C)N=c2sc(=Cc3ccc(I)cc3)c(=O)n2C1c1ccc(OC)c(OC)c1. The van der Waals surface area contributed by atoms with Crippen molar-refractivity contribution in [1.82, 2.24) is 4.57 Å². The highest BCUT2D eigenvalue weighted by molar-refractivity contribution is 14.1. The molecule has 1 aliphatic rings. The molecule has 0 aliphatic carbocycles. The number of methoxy groups -OCH3 is 2. The van der Waals surface area contributed by atoms with Crippen LogP contribution in [0.5, 0.6) is 11.5 Å². The van der Waals surface area contributed by atoms with Gasteiger partial charge in [-0.05, 0) is 77.9 Å². The lowest BCUT2D eigenvalue weighted by Crippen LogP contribution is -2.39. The molecule has 2 heterocycles. The average Bonchev–Trinajstić information content (AvgIpc) is 3.13. The van der Waals surface area contributed by atoms with E-state index in [1.165, 1.54) is 11.3 Å². The summed E-state index contributed by atoms with van der Waals surface area (Å²) in [5.74, 6) is 0.546. The molecule has 0 saturated carbocycles. The molecular formula is C25H23IN2O5S. The van der Waals surface area contributed by atoms with Crippen molar-refractivity contribution in [2.24, 2.45) is 4.99 Å². The highest BCUT2D eigenvalue weighted by atomic mass is 127. The second-order valence-corrected chi connectivity index (χ2v) is 9.72. The predicted octanol–water partition coefficient (Wildman–Crippen LogP) is 3.42. The minimum atomic E-state index is -0.714. The molecule has 4 rings (SSSR count). The zero-order valence-electron chi connectivity index (χ0n) is 19.1. The van der Waals surface area contributed by atoms with Crippen molar-refractivity contribution in [3.05, 3.63) is 88.1 Å². The molecule has 176 valence electrons. The van der Waals surface area contributed by atoms with Crippen molar-refractivity contribution in [1.29, 1.82) is 0 Å². The quantitative estimate of drug-likeness (QED) is 0.325. The summed E-state index contributed by atoms with van der Waals surface area (Å²) < 4.78 is 19.4. The van der Waals surface area contributed by atoms with Crippen LogP contribution in [-0.4, -0.2) is 31.4 Å². The first-order chi connectivity index (χ1) is 16.4. The lowest BCUT2D eigenvalue weighted by Gasteiger charge is -2.25. The largest absolute Gasteiger partial charge is 0.493 e. The number of hydrogen-bond acceptors (Lipinski definition) is 7. The smallest absolute Gasteiger partial charge is 0.338 e. The maximum atomic E-state index is 13.6. The van der Waals surface area contributed by atoms with Crippen LogP contribution in [0.1, 0.15) is 31.0 Å². The number of rotatable bonds is 6. The van der Waals surface area contributed by atoms with Gasteiger partial charge in [-0.3, -0.25) is 9.36 Å². The highest BCUT2D eigenvalue weighted by Crippen LogP contribution is 2.36. The number of halogens is 1. The third-order valence-corrected chi connectivity index (χ3v) is 7.11. The van der Waals surface area contributed by atoms with E-state index >= 15 is 0 Å². The summed E-state index contributed by atoms with van der Waals surface area (Å²) in [6.45, 7) is 3.72. The number of fused-ring (bicyclic) bond motifs is 1. The lowest BCUT2D eigenvalue weighted by molar-refractivity contribution is -0.139. The zero-order valence-corrected chi connectivity index (χ0v) is 22.1. The Bertz CT molecular complexity index is 1450. The Morgan fingerprint density at radius 1 is 1.15 bits per heavy atom. The van der Waals surface area contributed by atoms with Crippen molar-refractivity contribution in [3.63, 3.8) is 0 Å². The number of carbonyl (C=O) groups excluding carboxylic acids is 1. The van der Waals surface area contributed by atoms with Gasteiger partial charge >= 0.3 is 5.97 Å². The molecule has 0 fully saturated rings. The summed E-state index contributed by atoms with van der Waals surface area (Å²) >= 11 is 3.53. The molecule has 0 bridgehead atoms. The molecule has 1 aromatic heterocycles. The zero-order chi connectivity index (χ0) is 24.4. The number of allylic oxidation sites excluding steroid dienone is 1. The van der Waals surface area contributed by atoms with Crippen molar-refractivity contribution in [2.75, 3.05) is 20.8 Å². The lowest BCUT2D eigenvalue weighted by atomic mass is 9.95. The van der Waals surface area contributed by atoms with Gasteiger partial charge in [-0.25, -0.2) is 9.79 Å². The number of nitrogens with zero attached hydrogens (tertiary/aromatic N) is 2. The van der Waals surface area contributed by atoms with E-state index in [4.69, 9.17) is 14.2 Å². The number of carbonyl (C=O) groups is 1. The number of ether oxygens (including phenoxy) is 3. The van der Waals surface area contributed by atoms with Gasteiger partial charge in [0, 0.05) is 3.57 Å². The minimum absolute atomic E-state index is 0.214. The van der Waals surface area contributed by atoms with Crippen LogP contribution in [0.15, 0.2) is 63.5 Å². The van der Waals surface area contributed by atoms with Crippen LogP contribution in [0.3, 0.4) is 0 Å². The molecule has 0 spiro atoms. The summed E-state index contributed by atoms with van der Waals surface area (Å²) in [6, 6.07) is 12.5. The summed E-state index contributed by atoms with van der Waals surface area (Å²) in [4.78, 5) is 31.8. The normalized spacial score (nSPS) is 15.6. The molecule has 34 heavy (non-hydrogen) atoms. The third kappa shape index (κ3) is 4.54. The number of esters is 1. The molecule has 0 N–H and O–H groups in total. The summed E-state index contributed by atoms with van der Waals surface area (Å²) in [5, 5.41) is 0. The minimum Gasteiger partial charge on any atom is -0.493 e. The Hall–Kier alpha value is -2.92. The van der Waals surface area contributed by atoms with Crippen molar-refractivity contribution in [3.8, 4) is 11.5 Å². The molecule has 2 aromatic carbocycles.